The molecule has 2 aliphatic rings. The Morgan fingerprint density at radius 2 is 2.07 bits per heavy atom. The number of aromatic nitrogens is 1. The molecule has 0 aliphatic heterocycles. The van der Waals surface area contributed by atoms with E-state index in [2.05, 4.69) is 10.3 Å². The fourth-order valence-electron chi connectivity index (χ4n) is 3.39. The van der Waals surface area contributed by atoms with Crippen LogP contribution in [0.1, 0.15) is 49.4 Å². The average Bonchev–Trinajstić information content (AvgIpc) is 3.61. The van der Waals surface area contributed by atoms with E-state index in [0.29, 0.717) is 23.7 Å². The number of benzene rings is 1. The van der Waals surface area contributed by atoms with Crippen molar-refractivity contribution in [1.82, 2.24) is 10.3 Å². The number of hydrogen-bond donors (Lipinski definition) is 1. The lowest BCUT2D eigenvalue weighted by molar-refractivity contribution is -0.123. The molecule has 0 bridgehead atoms. The van der Waals surface area contributed by atoms with E-state index in [1.807, 2.05) is 19.1 Å². The number of ether oxygens (including phenoxy) is 2. The van der Waals surface area contributed by atoms with Gasteiger partial charge in [-0.3, -0.25) is 9.78 Å². The van der Waals surface area contributed by atoms with Gasteiger partial charge in [-0.15, -0.1) is 0 Å². The third-order valence-electron chi connectivity index (χ3n) is 5.48. The van der Waals surface area contributed by atoms with E-state index in [4.69, 9.17) is 9.47 Å². The minimum absolute atomic E-state index is 0.0661. The van der Waals surface area contributed by atoms with Crippen LogP contribution in [0, 0.1) is 17.7 Å². The van der Waals surface area contributed by atoms with Crippen LogP contribution in [0.5, 0.6) is 11.5 Å². The molecule has 1 N–H and O–H groups in total. The lowest BCUT2D eigenvalue weighted by Gasteiger charge is -2.14. The van der Waals surface area contributed by atoms with E-state index in [1.165, 1.54) is 26.0 Å². The molecule has 6 heteroatoms. The number of methoxy groups -OCH3 is 1. The molecule has 2 aromatic rings. The summed E-state index contributed by atoms with van der Waals surface area (Å²) in [5.41, 5.74) is 1.35. The van der Waals surface area contributed by atoms with Crippen LogP contribution in [0.4, 0.5) is 4.39 Å². The largest absolute Gasteiger partial charge is 0.497 e. The van der Waals surface area contributed by atoms with Crippen molar-refractivity contribution in [3.63, 3.8) is 0 Å². The van der Waals surface area contributed by atoms with E-state index < -0.39 is 0 Å². The number of carbonyl (C=O) groups is 1. The first-order valence-corrected chi connectivity index (χ1v) is 9.77. The summed E-state index contributed by atoms with van der Waals surface area (Å²) in [6.07, 6.45) is 4.85. The van der Waals surface area contributed by atoms with E-state index >= 15 is 0 Å². The van der Waals surface area contributed by atoms with Gasteiger partial charge in [0.05, 0.1) is 31.6 Å². The van der Waals surface area contributed by atoms with Crippen LogP contribution in [0.25, 0.3) is 0 Å². The minimum Gasteiger partial charge on any atom is -0.497 e. The van der Waals surface area contributed by atoms with Crippen LogP contribution in [0.2, 0.25) is 0 Å². The van der Waals surface area contributed by atoms with Gasteiger partial charge < -0.3 is 14.8 Å². The predicted octanol–water partition coefficient (Wildman–Crippen LogP) is 4.00. The Morgan fingerprint density at radius 1 is 1.29 bits per heavy atom. The molecule has 2 saturated carbocycles. The third kappa shape index (κ3) is 4.26. The summed E-state index contributed by atoms with van der Waals surface area (Å²) in [5, 5.41) is 2.99. The van der Waals surface area contributed by atoms with Crippen LogP contribution < -0.4 is 14.8 Å². The van der Waals surface area contributed by atoms with E-state index in [1.54, 1.807) is 18.3 Å². The van der Waals surface area contributed by atoms with E-state index in [0.717, 1.165) is 18.1 Å². The Labute approximate surface area is 164 Å². The van der Waals surface area contributed by atoms with Crippen LogP contribution in [-0.4, -0.2) is 24.6 Å². The summed E-state index contributed by atoms with van der Waals surface area (Å²) in [4.78, 5) is 17.0. The molecule has 1 amide bonds. The molecule has 5 nitrogen and oxygen atoms in total. The Balaban J connectivity index is 1.31. The van der Waals surface area contributed by atoms with Crippen molar-refractivity contribution in [3.8, 4) is 11.5 Å². The summed E-state index contributed by atoms with van der Waals surface area (Å²) in [7, 11) is 1.50. The van der Waals surface area contributed by atoms with E-state index in [9.17, 15) is 9.18 Å². The zero-order valence-electron chi connectivity index (χ0n) is 16.2. The predicted molar refractivity (Wildman–Crippen MR) is 103 cm³/mol. The monoisotopic (exact) mass is 384 g/mol. The maximum absolute atomic E-state index is 14.2. The summed E-state index contributed by atoms with van der Waals surface area (Å²) in [6.45, 7) is 2.65. The number of halogens is 1. The third-order valence-corrected chi connectivity index (χ3v) is 5.48. The maximum Gasteiger partial charge on any atom is 0.224 e. The first-order chi connectivity index (χ1) is 13.5. The van der Waals surface area contributed by atoms with Crippen molar-refractivity contribution < 1.29 is 18.7 Å². The molecule has 148 valence electrons. The van der Waals surface area contributed by atoms with Crippen LogP contribution in [0.3, 0.4) is 0 Å². The highest BCUT2D eigenvalue weighted by atomic mass is 19.1. The van der Waals surface area contributed by atoms with Crippen LogP contribution >= 0.6 is 0 Å². The van der Waals surface area contributed by atoms with Crippen molar-refractivity contribution in [1.29, 1.82) is 0 Å². The van der Waals surface area contributed by atoms with Gasteiger partial charge in [0, 0.05) is 12.0 Å². The first kappa shape index (κ1) is 18.7. The zero-order valence-corrected chi connectivity index (χ0v) is 16.2. The van der Waals surface area contributed by atoms with Crippen molar-refractivity contribution in [3.05, 3.63) is 53.6 Å². The molecule has 4 rings (SSSR count). The Kier molecular flexibility index (Phi) is 5.20. The SMILES string of the molecule is COc1ccc([C@H]2C[C@@H]2C(=O)N[C@H](C)c2ccc(OCC3CC3)cn2)c(F)c1. The van der Waals surface area contributed by atoms with E-state index in [-0.39, 0.29) is 29.6 Å². The van der Waals surface area contributed by atoms with Gasteiger partial charge in [0.25, 0.3) is 0 Å². The maximum atomic E-state index is 14.2. The molecular formula is C22H25FN2O3. The van der Waals surface area contributed by atoms with Gasteiger partial charge >= 0.3 is 0 Å². The lowest BCUT2D eigenvalue weighted by Crippen LogP contribution is -2.29. The number of pyridine rings is 1. The molecule has 28 heavy (non-hydrogen) atoms. The molecule has 1 heterocycles. The minimum atomic E-state index is -0.323. The van der Waals surface area contributed by atoms with Gasteiger partial charge in [-0.05, 0) is 61.8 Å². The number of hydrogen-bond acceptors (Lipinski definition) is 4. The molecule has 0 unspecified atom stereocenters. The number of carbonyl (C=O) groups excluding carboxylic acids is 1. The second-order valence-corrected chi connectivity index (χ2v) is 7.74. The molecule has 2 aliphatic carbocycles. The number of nitrogens with one attached hydrogen (secondary N) is 1. The molecule has 1 aromatic carbocycles. The number of rotatable bonds is 8. The Morgan fingerprint density at radius 3 is 2.71 bits per heavy atom. The summed E-state index contributed by atoms with van der Waals surface area (Å²) < 4.78 is 24.9. The molecule has 3 atom stereocenters. The second kappa shape index (κ2) is 7.78. The smallest absolute Gasteiger partial charge is 0.224 e. The highest BCUT2D eigenvalue weighted by Gasteiger charge is 2.45. The molecule has 1 aromatic heterocycles. The summed E-state index contributed by atoms with van der Waals surface area (Å²) in [5.74, 6) is 1.26. The number of nitrogens with zero attached hydrogens (tertiary/aromatic N) is 1. The zero-order chi connectivity index (χ0) is 19.7. The molecule has 0 saturated heterocycles. The van der Waals surface area contributed by atoms with Crippen LogP contribution in [0.15, 0.2) is 36.5 Å². The molecular weight excluding hydrogens is 359 g/mol. The Bertz CT molecular complexity index is 851. The van der Waals surface area contributed by atoms with Crippen LogP contribution in [-0.2, 0) is 4.79 Å². The Hall–Kier alpha value is -2.63. The number of amides is 1. The summed E-state index contributed by atoms with van der Waals surface area (Å²) in [6, 6.07) is 8.35. The molecule has 2 fully saturated rings. The topological polar surface area (TPSA) is 60.5 Å². The van der Waals surface area contributed by atoms with Crippen molar-refractivity contribution in [2.45, 2.75) is 38.1 Å². The fraction of sp³-hybridized carbons (Fsp3) is 0.455. The first-order valence-electron chi connectivity index (χ1n) is 9.77. The fourth-order valence-corrected chi connectivity index (χ4v) is 3.39. The van der Waals surface area contributed by atoms with Crippen molar-refractivity contribution in [2.24, 2.45) is 11.8 Å². The van der Waals surface area contributed by atoms with Gasteiger partial charge in [-0.2, -0.15) is 0 Å². The highest BCUT2D eigenvalue weighted by Crippen LogP contribution is 2.49. The van der Waals surface area contributed by atoms with Gasteiger partial charge in [0.1, 0.15) is 17.3 Å². The normalized spacial score (nSPS) is 21.7. The second-order valence-electron chi connectivity index (χ2n) is 7.74. The van der Waals surface area contributed by atoms with Gasteiger partial charge in [0.15, 0.2) is 0 Å². The highest BCUT2D eigenvalue weighted by molar-refractivity contribution is 5.83. The summed E-state index contributed by atoms with van der Waals surface area (Å²) >= 11 is 0. The lowest BCUT2D eigenvalue weighted by atomic mass is 10.1. The van der Waals surface area contributed by atoms with Gasteiger partial charge in [0.2, 0.25) is 5.91 Å². The average molecular weight is 384 g/mol. The quantitative estimate of drug-likeness (QED) is 0.747. The van der Waals surface area contributed by atoms with Crippen molar-refractivity contribution >= 4 is 5.91 Å². The molecule has 0 radical (unpaired) electrons. The standard InChI is InChI=1S/C22H25FN2O3/c1-13(21-8-6-16(11-24-21)28-12-14-3-4-14)25-22(26)19-10-18(19)17-7-5-15(27-2)9-20(17)23/h5-9,11,13-14,18-19H,3-4,10,12H2,1-2H3,(H,25,26)/t13-,18-,19+/m1/s1. The van der Waals surface area contributed by atoms with Gasteiger partial charge in [-0.1, -0.05) is 6.07 Å². The van der Waals surface area contributed by atoms with Crippen molar-refractivity contribution in [2.75, 3.05) is 13.7 Å². The molecule has 0 spiro atoms. The van der Waals surface area contributed by atoms with Gasteiger partial charge in [-0.25, -0.2) is 4.39 Å².